The number of nitrogens with one attached hydrogen (secondary N) is 1. The first-order valence-electron chi connectivity index (χ1n) is 7.92. The molecule has 3 N–H and O–H groups in total. The molecule has 0 aliphatic heterocycles. The highest BCUT2D eigenvalue weighted by atomic mass is 32.1. The van der Waals surface area contributed by atoms with E-state index in [9.17, 15) is 18.7 Å². The summed E-state index contributed by atoms with van der Waals surface area (Å²) in [5.74, 6) is -4.10. The van der Waals surface area contributed by atoms with Crippen molar-refractivity contribution in [2.75, 3.05) is 0 Å². The summed E-state index contributed by atoms with van der Waals surface area (Å²) < 4.78 is 26.5. The van der Waals surface area contributed by atoms with E-state index in [-0.39, 0.29) is 38.0 Å². The highest BCUT2D eigenvalue weighted by Gasteiger charge is 2.40. The predicted molar refractivity (Wildman–Crippen MR) is 83.6 cm³/mol. The van der Waals surface area contributed by atoms with Crippen LogP contribution in [-0.2, 0) is 11.2 Å². The molecule has 130 valence electrons. The lowest BCUT2D eigenvalue weighted by Crippen LogP contribution is -2.38. The van der Waals surface area contributed by atoms with Crippen LogP contribution in [0.5, 0.6) is 0 Å². The molecular formula is C16H23F2NO3S. The van der Waals surface area contributed by atoms with E-state index in [4.69, 9.17) is 5.21 Å². The van der Waals surface area contributed by atoms with Crippen LogP contribution in [-0.4, -0.2) is 28.2 Å². The number of carbonyl (C=O) groups is 1. The first-order valence-corrected chi connectivity index (χ1v) is 8.86. The molecule has 1 aromatic heterocycles. The maximum absolute atomic E-state index is 13.3. The fourth-order valence-electron chi connectivity index (χ4n) is 3.24. The molecule has 2 atom stereocenters. The lowest BCUT2D eigenvalue weighted by Gasteiger charge is -2.33. The number of hydroxylamine groups is 1. The number of hydrogen-bond donors (Lipinski definition) is 3. The molecule has 1 saturated carbocycles. The number of aliphatic hydroxyl groups excluding tert-OH is 1. The highest BCUT2D eigenvalue weighted by Crippen LogP contribution is 2.40. The van der Waals surface area contributed by atoms with Crippen LogP contribution >= 0.6 is 11.3 Å². The van der Waals surface area contributed by atoms with Gasteiger partial charge in [0.2, 0.25) is 11.8 Å². The van der Waals surface area contributed by atoms with Gasteiger partial charge in [0.1, 0.15) is 0 Å². The minimum Gasteiger partial charge on any atom is -0.393 e. The topological polar surface area (TPSA) is 69.6 Å². The van der Waals surface area contributed by atoms with Crippen LogP contribution in [0.15, 0.2) is 16.8 Å². The Balaban J connectivity index is 1.89. The lowest BCUT2D eigenvalue weighted by molar-refractivity contribution is -0.139. The fraction of sp³-hybridized carbons (Fsp3) is 0.688. The number of carbonyl (C=O) groups excluding carboxylic acids is 1. The Labute approximate surface area is 138 Å². The minimum absolute atomic E-state index is 0.187. The minimum atomic E-state index is -2.66. The van der Waals surface area contributed by atoms with Crippen molar-refractivity contribution in [3.8, 4) is 0 Å². The Morgan fingerprint density at radius 2 is 2.13 bits per heavy atom. The standard InChI is InChI=1S/C16H23F2NO3S/c17-16(18)6-3-12(4-7-16)14(15(21)19-22)9-13(20)2-1-11-5-8-23-10-11/h5,8,10,12-14,20,22H,1-4,6-7,9H2,(H,19,21). The molecule has 1 aliphatic carbocycles. The van der Waals surface area contributed by atoms with Crippen molar-refractivity contribution >= 4 is 17.2 Å². The molecule has 0 bridgehead atoms. The summed E-state index contributed by atoms with van der Waals surface area (Å²) in [6, 6.07) is 1.98. The van der Waals surface area contributed by atoms with Crippen LogP contribution in [0.2, 0.25) is 0 Å². The molecule has 2 unspecified atom stereocenters. The largest absolute Gasteiger partial charge is 0.393 e. The van der Waals surface area contributed by atoms with Crippen LogP contribution in [0, 0.1) is 11.8 Å². The lowest BCUT2D eigenvalue weighted by atomic mass is 9.75. The van der Waals surface area contributed by atoms with Crippen molar-refractivity contribution in [3.05, 3.63) is 22.4 Å². The zero-order chi connectivity index (χ0) is 16.9. The van der Waals surface area contributed by atoms with Crippen LogP contribution in [0.3, 0.4) is 0 Å². The number of alkyl halides is 2. The molecule has 1 amide bonds. The third-order valence-electron chi connectivity index (χ3n) is 4.65. The van der Waals surface area contributed by atoms with Crippen molar-refractivity contribution < 1.29 is 23.9 Å². The molecule has 1 fully saturated rings. The smallest absolute Gasteiger partial charge is 0.248 e. The SMILES string of the molecule is O=C(NO)C(CC(O)CCc1ccsc1)C1CCC(F)(F)CC1. The van der Waals surface area contributed by atoms with E-state index in [0.717, 1.165) is 5.56 Å². The molecule has 7 heteroatoms. The number of thiophene rings is 1. The molecule has 1 heterocycles. The Morgan fingerprint density at radius 3 is 2.70 bits per heavy atom. The number of aryl methyl sites for hydroxylation is 1. The summed E-state index contributed by atoms with van der Waals surface area (Å²) in [7, 11) is 0. The monoisotopic (exact) mass is 347 g/mol. The normalized spacial score (nSPS) is 20.9. The summed E-state index contributed by atoms with van der Waals surface area (Å²) in [5, 5.41) is 23.1. The number of rotatable bonds is 7. The molecule has 1 aliphatic rings. The second kappa shape index (κ2) is 8.17. The molecule has 1 aromatic rings. The van der Waals surface area contributed by atoms with E-state index in [0.29, 0.717) is 12.8 Å². The summed E-state index contributed by atoms with van der Waals surface area (Å²) in [4.78, 5) is 11.9. The van der Waals surface area contributed by atoms with Gasteiger partial charge in [0.25, 0.3) is 0 Å². The molecule has 0 saturated heterocycles. The number of aliphatic hydroxyl groups is 1. The summed E-state index contributed by atoms with van der Waals surface area (Å²) in [6.45, 7) is 0. The summed E-state index contributed by atoms with van der Waals surface area (Å²) >= 11 is 1.59. The van der Waals surface area contributed by atoms with Crippen LogP contribution in [0.25, 0.3) is 0 Å². The van der Waals surface area contributed by atoms with Gasteiger partial charge in [-0.15, -0.1) is 0 Å². The van der Waals surface area contributed by atoms with Gasteiger partial charge in [0.15, 0.2) is 0 Å². The van der Waals surface area contributed by atoms with Gasteiger partial charge in [-0.25, -0.2) is 14.3 Å². The average Bonchev–Trinajstić information content (AvgIpc) is 3.04. The van der Waals surface area contributed by atoms with E-state index in [2.05, 4.69) is 0 Å². The van der Waals surface area contributed by atoms with E-state index >= 15 is 0 Å². The van der Waals surface area contributed by atoms with Crippen LogP contribution in [0.4, 0.5) is 8.78 Å². The molecule has 0 radical (unpaired) electrons. The average molecular weight is 347 g/mol. The second-order valence-electron chi connectivity index (χ2n) is 6.34. The molecule has 0 aromatic carbocycles. The number of amides is 1. The van der Waals surface area contributed by atoms with Gasteiger partial charge in [-0.2, -0.15) is 11.3 Å². The van der Waals surface area contributed by atoms with Gasteiger partial charge in [-0.1, -0.05) is 0 Å². The molecule has 23 heavy (non-hydrogen) atoms. The number of halogens is 2. The van der Waals surface area contributed by atoms with Gasteiger partial charge >= 0.3 is 0 Å². The first-order chi connectivity index (χ1) is 10.9. The van der Waals surface area contributed by atoms with Crippen molar-refractivity contribution in [1.82, 2.24) is 5.48 Å². The van der Waals surface area contributed by atoms with Crippen LogP contribution < -0.4 is 5.48 Å². The van der Waals surface area contributed by atoms with E-state index in [1.165, 1.54) is 0 Å². The maximum Gasteiger partial charge on any atom is 0.248 e. The van der Waals surface area contributed by atoms with E-state index in [1.807, 2.05) is 16.8 Å². The predicted octanol–water partition coefficient (Wildman–Crippen LogP) is 3.38. The first kappa shape index (κ1) is 18.3. The van der Waals surface area contributed by atoms with E-state index < -0.39 is 23.9 Å². The third-order valence-corrected chi connectivity index (χ3v) is 5.38. The highest BCUT2D eigenvalue weighted by molar-refractivity contribution is 7.07. The van der Waals surface area contributed by atoms with Gasteiger partial charge in [-0.3, -0.25) is 10.0 Å². The quantitative estimate of drug-likeness (QED) is 0.523. The fourth-order valence-corrected chi connectivity index (χ4v) is 3.94. The zero-order valence-corrected chi connectivity index (χ0v) is 13.7. The van der Waals surface area contributed by atoms with Crippen molar-refractivity contribution in [1.29, 1.82) is 0 Å². The van der Waals surface area contributed by atoms with Gasteiger partial charge < -0.3 is 5.11 Å². The van der Waals surface area contributed by atoms with Crippen molar-refractivity contribution in [2.24, 2.45) is 11.8 Å². The Bertz CT molecular complexity index is 486. The molecule has 4 nitrogen and oxygen atoms in total. The molecule has 0 spiro atoms. The van der Waals surface area contributed by atoms with Crippen LogP contribution in [0.1, 0.15) is 44.1 Å². The van der Waals surface area contributed by atoms with Crippen molar-refractivity contribution in [3.63, 3.8) is 0 Å². The Kier molecular flexibility index (Phi) is 6.50. The summed E-state index contributed by atoms with van der Waals surface area (Å²) in [6.07, 6.45) is 0.711. The second-order valence-corrected chi connectivity index (χ2v) is 7.12. The third kappa shape index (κ3) is 5.51. The summed E-state index contributed by atoms with van der Waals surface area (Å²) in [5.41, 5.74) is 2.76. The van der Waals surface area contributed by atoms with Gasteiger partial charge in [-0.05, 0) is 60.4 Å². The molecular weight excluding hydrogens is 324 g/mol. The van der Waals surface area contributed by atoms with E-state index in [1.54, 1.807) is 16.8 Å². The Morgan fingerprint density at radius 1 is 1.43 bits per heavy atom. The molecule has 2 rings (SSSR count). The number of hydrogen-bond acceptors (Lipinski definition) is 4. The van der Waals surface area contributed by atoms with Gasteiger partial charge in [0, 0.05) is 18.8 Å². The maximum atomic E-state index is 13.3. The van der Waals surface area contributed by atoms with Crippen molar-refractivity contribution in [2.45, 2.75) is 57.0 Å². The zero-order valence-electron chi connectivity index (χ0n) is 12.9. The Hall–Kier alpha value is -1.05. The van der Waals surface area contributed by atoms with Gasteiger partial charge in [0.05, 0.1) is 6.10 Å².